The van der Waals surface area contributed by atoms with E-state index in [1.165, 1.54) is 32.1 Å². The van der Waals surface area contributed by atoms with Crippen molar-refractivity contribution >= 4 is 6.03 Å². The third-order valence-corrected chi connectivity index (χ3v) is 7.09. The van der Waals surface area contributed by atoms with Crippen LogP contribution in [0, 0.1) is 23.7 Å². The summed E-state index contributed by atoms with van der Waals surface area (Å²) in [5.74, 6) is 2.84. The average molecular weight is 357 g/mol. The molecule has 1 aromatic rings. The number of urea groups is 1. The number of aliphatic hydroxyl groups is 1. The van der Waals surface area contributed by atoms with Gasteiger partial charge in [-0.25, -0.2) is 4.79 Å². The summed E-state index contributed by atoms with van der Waals surface area (Å²) in [4.78, 5) is 12.4. The predicted molar refractivity (Wildman–Crippen MR) is 102 cm³/mol. The monoisotopic (exact) mass is 357 g/mol. The highest BCUT2D eigenvalue weighted by molar-refractivity contribution is 5.74. The van der Waals surface area contributed by atoms with Crippen LogP contribution in [-0.2, 0) is 6.42 Å². The van der Waals surface area contributed by atoms with E-state index in [2.05, 4.69) is 10.6 Å². The molecule has 142 valence electrons. The highest BCUT2D eigenvalue weighted by Gasteiger charge is 2.55. The fourth-order valence-electron chi connectivity index (χ4n) is 5.88. The number of hydrogen-bond donors (Lipinski definition) is 4. The first-order valence-corrected chi connectivity index (χ1v) is 10.0. The topological polar surface area (TPSA) is 87.4 Å². The fourth-order valence-corrected chi connectivity index (χ4v) is 5.88. The molecule has 1 atom stereocenters. The van der Waals surface area contributed by atoms with Crippen LogP contribution in [0.3, 0.4) is 0 Å². The molecule has 4 fully saturated rings. The van der Waals surface area contributed by atoms with Crippen LogP contribution in [0.5, 0.6) is 0 Å². The minimum absolute atomic E-state index is 0.0787. The van der Waals surface area contributed by atoms with Crippen molar-refractivity contribution in [2.45, 2.75) is 50.1 Å². The molecule has 0 aromatic heterocycles. The molecule has 4 bridgehead atoms. The summed E-state index contributed by atoms with van der Waals surface area (Å²) in [6.45, 7) is 0.460. The van der Waals surface area contributed by atoms with Gasteiger partial charge in [0.15, 0.2) is 0 Å². The summed E-state index contributed by atoms with van der Waals surface area (Å²) in [6.07, 6.45) is 6.96. The van der Waals surface area contributed by atoms with Crippen molar-refractivity contribution in [2.24, 2.45) is 29.4 Å². The lowest BCUT2D eigenvalue weighted by Gasteiger charge is -2.59. The fraction of sp³-hybridized carbons (Fsp3) is 0.667. The Hall–Kier alpha value is -1.59. The Morgan fingerprint density at radius 2 is 1.73 bits per heavy atom. The molecule has 0 radical (unpaired) electrons. The normalized spacial score (nSPS) is 35.9. The van der Waals surface area contributed by atoms with E-state index in [-0.39, 0.29) is 24.2 Å². The highest BCUT2D eigenvalue weighted by atomic mass is 16.3. The lowest BCUT2D eigenvalue weighted by atomic mass is 9.49. The average Bonchev–Trinajstić information content (AvgIpc) is 2.64. The maximum absolute atomic E-state index is 12.4. The van der Waals surface area contributed by atoms with Gasteiger partial charge in [-0.05, 0) is 67.8 Å². The molecule has 5 heteroatoms. The molecule has 26 heavy (non-hydrogen) atoms. The smallest absolute Gasteiger partial charge is 0.315 e. The lowest BCUT2D eigenvalue weighted by Crippen LogP contribution is -2.67. The third-order valence-electron chi connectivity index (χ3n) is 7.09. The number of carbonyl (C=O) groups excluding carboxylic acids is 1. The Morgan fingerprint density at radius 1 is 1.12 bits per heavy atom. The number of carbonyl (C=O) groups is 1. The maximum atomic E-state index is 12.4. The maximum Gasteiger partial charge on any atom is 0.315 e. The summed E-state index contributed by atoms with van der Waals surface area (Å²) in [7, 11) is 0. The van der Waals surface area contributed by atoms with Crippen molar-refractivity contribution in [3.8, 4) is 0 Å². The first kappa shape index (κ1) is 17.8. The van der Waals surface area contributed by atoms with Crippen molar-refractivity contribution in [3.05, 3.63) is 35.9 Å². The van der Waals surface area contributed by atoms with Crippen molar-refractivity contribution in [2.75, 3.05) is 13.2 Å². The van der Waals surface area contributed by atoms with E-state index in [4.69, 9.17) is 5.73 Å². The van der Waals surface area contributed by atoms with Crippen LogP contribution in [0.25, 0.3) is 0 Å². The molecule has 0 aliphatic heterocycles. The Bertz CT molecular complexity index is 605. The predicted octanol–water partition coefficient (Wildman–Crippen LogP) is 2.04. The van der Waals surface area contributed by atoms with Crippen molar-refractivity contribution in [1.29, 1.82) is 0 Å². The summed E-state index contributed by atoms with van der Waals surface area (Å²) in [5.41, 5.74) is 7.68. The Balaban J connectivity index is 1.30. The van der Waals surface area contributed by atoms with E-state index < -0.39 is 0 Å². The largest absolute Gasteiger partial charge is 0.394 e. The van der Waals surface area contributed by atoms with Gasteiger partial charge in [0.1, 0.15) is 0 Å². The van der Waals surface area contributed by atoms with Crippen LogP contribution < -0.4 is 16.4 Å². The molecule has 0 heterocycles. The quantitative estimate of drug-likeness (QED) is 0.628. The van der Waals surface area contributed by atoms with Crippen molar-refractivity contribution in [3.63, 3.8) is 0 Å². The number of hydrogen-bond acceptors (Lipinski definition) is 3. The summed E-state index contributed by atoms with van der Waals surface area (Å²) < 4.78 is 0. The van der Waals surface area contributed by atoms with Gasteiger partial charge in [0.2, 0.25) is 0 Å². The first-order valence-electron chi connectivity index (χ1n) is 10.0. The zero-order chi connectivity index (χ0) is 18.1. The molecular weight excluding hydrogens is 326 g/mol. The highest BCUT2D eigenvalue weighted by Crippen LogP contribution is 2.57. The van der Waals surface area contributed by atoms with Crippen LogP contribution in [0.4, 0.5) is 4.79 Å². The van der Waals surface area contributed by atoms with Gasteiger partial charge in [-0.15, -0.1) is 0 Å². The first-order chi connectivity index (χ1) is 12.6. The minimum atomic E-state index is -0.287. The van der Waals surface area contributed by atoms with E-state index in [1.807, 2.05) is 30.3 Å². The van der Waals surface area contributed by atoms with E-state index in [0.29, 0.717) is 24.8 Å². The number of amides is 2. The lowest BCUT2D eigenvalue weighted by molar-refractivity contribution is -0.0530. The van der Waals surface area contributed by atoms with E-state index in [9.17, 15) is 9.90 Å². The van der Waals surface area contributed by atoms with Crippen molar-refractivity contribution < 1.29 is 9.90 Å². The van der Waals surface area contributed by atoms with Gasteiger partial charge in [0, 0.05) is 12.1 Å². The van der Waals surface area contributed by atoms with E-state index >= 15 is 0 Å². The number of rotatable bonds is 6. The van der Waals surface area contributed by atoms with Crippen LogP contribution in [0.2, 0.25) is 0 Å². The van der Waals surface area contributed by atoms with Gasteiger partial charge in [-0.3, -0.25) is 0 Å². The summed E-state index contributed by atoms with van der Waals surface area (Å²) in [6, 6.07) is 9.40. The van der Waals surface area contributed by atoms with Gasteiger partial charge >= 0.3 is 6.03 Å². The van der Waals surface area contributed by atoms with Crippen LogP contribution >= 0.6 is 0 Å². The molecule has 4 aliphatic rings. The molecule has 5 nitrogen and oxygen atoms in total. The Kier molecular flexibility index (Phi) is 4.93. The van der Waals surface area contributed by atoms with Crippen LogP contribution in [0.15, 0.2) is 30.3 Å². The zero-order valence-electron chi connectivity index (χ0n) is 15.4. The third kappa shape index (κ3) is 3.47. The van der Waals surface area contributed by atoms with E-state index in [1.54, 1.807) is 0 Å². The molecule has 1 aromatic carbocycles. The van der Waals surface area contributed by atoms with Crippen LogP contribution in [0.1, 0.15) is 37.7 Å². The number of nitrogens with one attached hydrogen (secondary N) is 2. The molecule has 4 aliphatic carbocycles. The SMILES string of the molecule is NC1(CNC(=O)N[C@H](CO)Cc2ccccc2)C2CC3CC(C2)CC1C3. The number of aliphatic hydroxyl groups excluding tert-OH is 1. The Morgan fingerprint density at radius 3 is 2.31 bits per heavy atom. The molecule has 0 saturated heterocycles. The van der Waals surface area contributed by atoms with Crippen LogP contribution in [-0.4, -0.2) is 35.9 Å². The summed E-state index contributed by atoms with van der Waals surface area (Å²) >= 11 is 0. The summed E-state index contributed by atoms with van der Waals surface area (Å²) in [5, 5.41) is 15.5. The number of nitrogens with two attached hydrogens (primary N) is 1. The second-order valence-electron chi connectivity index (χ2n) is 8.81. The van der Waals surface area contributed by atoms with Gasteiger partial charge < -0.3 is 21.5 Å². The van der Waals surface area contributed by atoms with Gasteiger partial charge in [0.05, 0.1) is 12.6 Å². The van der Waals surface area contributed by atoms with Gasteiger partial charge in [-0.1, -0.05) is 30.3 Å². The second kappa shape index (κ2) is 7.20. The van der Waals surface area contributed by atoms with Gasteiger partial charge in [-0.2, -0.15) is 0 Å². The minimum Gasteiger partial charge on any atom is -0.394 e. The Labute approximate surface area is 155 Å². The molecule has 2 amide bonds. The molecule has 5 N–H and O–H groups in total. The second-order valence-corrected chi connectivity index (χ2v) is 8.81. The molecular formula is C21H31N3O2. The van der Waals surface area contributed by atoms with Gasteiger partial charge in [0.25, 0.3) is 0 Å². The molecule has 0 spiro atoms. The molecule has 4 saturated carbocycles. The van der Waals surface area contributed by atoms with Crippen molar-refractivity contribution in [1.82, 2.24) is 10.6 Å². The van der Waals surface area contributed by atoms with E-state index in [0.717, 1.165) is 17.4 Å². The number of benzene rings is 1. The standard InChI is InChI=1S/C21H31N3O2/c22-21(17-7-15-6-16(9-17)10-18(21)8-15)13-23-20(26)24-19(12-25)11-14-4-2-1-3-5-14/h1-5,15-19,25H,6-13,22H2,(H2,23,24,26)/t15?,16?,17?,18?,19-,21?/m0/s1. The molecule has 0 unspecified atom stereocenters. The molecule has 5 rings (SSSR count). The zero-order valence-corrected chi connectivity index (χ0v) is 15.4.